The SMILES string of the molecule is [2H]C([2H])([2H])Oc1cc2c(cc1OC([2H])([2H])[2H])C1CC(=O)C(C([2H])([2H])C([2H])(C([2H])([2H])[2H])C([2H])([2H])C)CN1CC2.[2H]c1c(OC([2H])([2H])[2H])c(OC)c([2H])c2c1C([2H])([2H])C([2H])([2H])N1C([2H])([2H])C([2H])(C([2H])([2H])C([2H])(C([2H])([2H])[2H])C([2H])([2H])C)C(=O)C([2H])([2H])C21[2H].[2H]c1c(OC([2H])([2H])[2H])c(OC)c([2H])c2c1C([2H])([2H])C([2H])([2H])N1C([2H])([2H])C([2H])(CC(C)C)C(=O)C([2H])([2H])C21[2H].[2H]c1c(OC)c(OC([2H])([2H])[2H])c([2H])c2c1C1([2H])CC(=O)C(C([2H])([2H])C([2H])(C([2H])([2H])[2H])C([2H])([2H])C)C([2H])([2H])N1C([2H])([2H])C2([2H])[2H].[2H]c1c(OC)c(OC([2H])([2H])[2H])c([2H])c2c1C1([2H])CC(=O)C(CC(C)C)C([2H])([2H])N1C([2H])([2H])C2([2H])[2H]. The maximum Gasteiger partial charge on any atom is 0.161 e. The number of ether oxygens (including phenoxy) is 10. The summed E-state index contributed by atoms with van der Waals surface area (Å²) in [5, 5.41) is 0. The first kappa shape index (κ1) is 31.5. The number of nitrogens with zero attached hydrogens (tertiary/aromatic N) is 5. The Kier molecular flexibility index (Phi) is 11.1. The van der Waals surface area contributed by atoms with E-state index in [-0.39, 0.29) is 59.6 Å². The average molecular weight is 1710 g/mol. The second kappa shape index (κ2) is 41.7. The van der Waals surface area contributed by atoms with Gasteiger partial charge in [-0.3, -0.25) is 48.5 Å². The van der Waals surface area contributed by atoms with Crippen molar-refractivity contribution in [3.63, 3.8) is 0 Å². The van der Waals surface area contributed by atoms with Gasteiger partial charge in [-0.25, -0.2) is 0 Å². The molecule has 20 heteroatoms. The first-order valence-electron chi connectivity index (χ1n) is 77.8. The van der Waals surface area contributed by atoms with E-state index < -0.39 is 466 Å². The van der Waals surface area contributed by atoms with Crippen molar-refractivity contribution in [1.82, 2.24) is 24.5 Å². The number of methoxy groups -OCH3 is 10. The summed E-state index contributed by atoms with van der Waals surface area (Å²) in [4.78, 5) is 68.8. The minimum atomic E-state index is -4.69. The van der Waals surface area contributed by atoms with Gasteiger partial charge in [0.25, 0.3) is 0 Å². The van der Waals surface area contributed by atoms with Crippen molar-refractivity contribution in [3.8, 4) is 57.5 Å². The van der Waals surface area contributed by atoms with Crippen LogP contribution >= 0.6 is 0 Å². The Bertz CT molecular complexity index is 8310. The van der Waals surface area contributed by atoms with Gasteiger partial charge >= 0.3 is 0 Å². The standard InChI is InChI=1S/3C20H29NO3.2C19H27NO3/c3*1-5-13(2)8-15-12-21-7-6-14-9-19(23-3)20(24-4)10-16(14)17(21)11-18(15)22;2*1-12(2)7-14-11-20-6-5-13-8-18(22-3)19(23-4)9-15(13)16(20)10-17(14)21/h3*9-10,13,15,17H,5-8,11-12H2,1-4H3;2*8-9,12,14,16H,5-7,10-11H2,1-4H3/i2D3,3D3,5D2,6D2,7D2,8D2,9D,10D,11D2,12D2,13D,15D,17D;2D3,3D3,5D2,6D2,7D2,8D2,9D,10D,12D2,13D,17D;2D3,3D3,4D3,5D2,8D2,13D;3D3,5D2,6D2,8D,9D,10D2,11D2,14D,16D;3D3,5D2,6D2,8D,9D,11D2,16D. The number of ketones is 5. The molecule has 20 nitrogen and oxygen atoms in total. The maximum absolute atomic E-state index is 14.1. The van der Waals surface area contributed by atoms with Crippen LogP contribution in [0.2, 0.25) is 0 Å². The molecule has 0 radical (unpaired) electrons. The number of hydrogen-bond acceptors (Lipinski definition) is 20. The molecule has 5 aromatic carbocycles. The van der Waals surface area contributed by atoms with Crippen LogP contribution in [0.5, 0.6) is 57.5 Å². The minimum absolute atomic E-state index is 0.0243. The fourth-order valence-corrected chi connectivity index (χ4v) is 12.9. The van der Waals surface area contributed by atoms with Crippen molar-refractivity contribution in [2.75, 3.05) is 136 Å². The van der Waals surface area contributed by atoms with Crippen LogP contribution in [0.15, 0.2) is 60.5 Å². The van der Waals surface area contributed by atoms with Crippen LogP contribution in [0, 0.1) is 59.1 Å². The van der Waals surface area contributed by atoms with Crippen molar-refractivity contribution < 1.29 is 186 Å². The van der Waals surface area contributed by atoms with Gasteiger partial charge in [-0.1, -0.05) is 88.1 Å². The van der Waals surface area contributed by atoms with Gasteiger partial charge in [-0.15, -0.1) is 0 Å². The van der Waals surface area contributed by atoms with Crippen molar-refractivity contribution in [2.45, 2.75) is 214 Å². The Morgan fingerprint density at radius 1 is 0.407 bits per heavy atom. The second-order valence-electron chi connectivity index (χ2n) is 27.0. The van der Waals surface area contributed by atoms with E-state index in [9.17, 15) is 28.1 Å². The zero-order chi connectivity index (χ0) is 159. The Labute approximate surface area is 823 Å². The smallest absolute Gasteiger partial charge is 0.161 e. The van der Waals surface area contributed by atoms with E-state index in [2.05, 4.69) is 0 Å². The number of Topliss-reactive ketones (excluding diaryl/α,β-unsaturated/α-hetero) is 5. The molecule has 13 atom stereocenters. The topological polar surface area (TPSA) is 194 Å². The largest absolute Gasteiger partial charge is 0.493 e. The number of benzene rings is 5. The van der Waals surface area contributed by atoms with Crippen LogP contribution in [0.1, 0.15) is 353 Å². The van der Waals surface area contributed by atoms with E-state index in [1.165, 1.54) is 26.0 Å². The summed E-state index contributed by atoms with van der Waals surface area (Å²) in [6.07, 6.45) is -46.5. The van der Waals surface area contributed by atoms with Gasteiger partial charge in [0.2, 0.25) is 0 Å². The molecule has 5 fully saturated rings. The Balaban J connectivity index is 0.000000233. The summed E-state index contributed by atoms with van der Waals surface area (Å²) in [5.74, 6) is -41.4. The lowest BCUT2D eigenvalue weighted by Gasteiger charge is -2.43. The zero-order valence-electron chi connectivity index (χ0n) is 149. The van der Waals surface area contributed by atoms with Crippen molar-refractivity contribution in [1.29, 1.82) is 0 Å². The molecular formula is C98H141N5O15. The van der Waals surface area contributed by atoms with E-state index in [0.717, 1.165) is 35.4 Å². The molecule has 0 aliphatic carbocycles. The van der Waals surface area contributed by atoms with Crippen LogP contribution in [0.4, 0.5) is 0 Å². The highest BCUT2D eigenvalue weighted by atomic mass is 16.5. The van der Waals surface area contributed by atoms with Crippen molar-refractivity contribution in [2.24, 2.45) is 59.1 Å². The van der Waals surface area contributed by atoms with Crippen LogP contribution in [-0.2, 0) is 55.9 Å². The summed E-state index contributed by atoms with van der Waals surface area (Å²) < 4.78 is 745. The molecule has 15 rings (SSSR count). The summed E-state index contributed by atoms with van der Waals surface area (Å²) in [5.41, 5.74) is -7.88. The molecule has 10 heterocycles. The van der Waals surface area contributed by atoms with E-state index >= 15 is 0 Å². The van der Waals surface area contributed by atoms with Crippen LogP contribution in [0.25, 0.3) is 0 Å². The maximum atomic E-state index is 14.1. The van der Waals surface area contributed by atoms with Gasteiger partial charge < -0.3 is 47.4 Å². The third kappa shape index (κ3) is 21.0. The fraction of sp³-hybridized carbons (Fsp3) is 0.643. The van der Waals surface area contributed by atoms with Crippen molar-refractivity contribution >= 4 is 28.9 Å². The van der Waals surface area contributed by atoms with Crippen LogP contribution < -0.4 is 47.4 Å². The third-order valence-electron chi connectivity index (χ3n) is 18.6. The van der Waals surface area contributed by atoms with Gasteiger partial charge in [-0.05, 0) is 209 Å². The quantitative estimate of drug-likeness (QED) is 0.0598. The number of carbonyl (C=O) groups is 5. The number of piperidine rings is 5. The first-order chi connectivity index (χ1) is 88.9. The lowest BCUT2D eigenvalue weighted by atomic mass is 9.79. The molecule has 118 heavy (non-hydrogen) atoms. The van der Waals surface area contributed by atoms with Crippen LogP contribution in [-0.4, -0.2) is 189 Å². The highest BCUT2D eigenvalue weighted by Gasteiger charge is 2.45. The van der Waals surface area contributed by atoms with Gasteiger partial charge in [0.05, 0.1) is 112 Å². The molecule has 10 aliphatic rings. The van der Waals surface area contributed by atoms with E-state index in [4.69, 9.17) is 158 Å². The lowest BCUT2D eigenvalue weighted by Crippen LogP contribution is -2.46. The molecule has 0 saturated carbocycles. The van der Waals surface area contributed by atoms with Gasteiger partial charge in [-0.2, -0.15) is 0 Å². The fourth-order valence-electron chi connectivity index (χ4n) is 12.9. The molecule has 0 spiro atoms. The molecule has 10 aliphatic heterocycles. The van der Waals surface area contributed by atoms with Gasteiger partial charge in [0, 0.05) is 231 Å². The third-order valence-corrected chi connectivity index (χ3v) is 18.6. The number of rotatable bonds is 23. The molecule has 648 valence electrons. The molecule has 0 N–H and O–H groups in total. The summed E-state index contributed by atoms with van der Waals surface area (Å²) in [7, 11) is -15.3. The Morgan fingerprint density at radius 3 is 1.19 bits per heavy atom. The lowest BCUT2D eigenvalue weighted by molar-refractivity contribution is -0.130. The highest BCUT2D eigenvalue weighted by molar-refractivity contribution is 5.86. The molecule has 13 unspecified atom stereocenters. The molecule has 5 saturated heterocycles. The van der Waals surface area contributed by atoms with Crippen molar-refractivity contribution in [3.05, 3.63) is 116 Å². The highest BCUT2D eigenvalue weighted by Crippen LogP contribution is 2.49. The predicted molar refractivity (Wildman–Crippen MR) is 465 cm³/mol. The molecular weight excluding hydrogens is 1490 g/mol. The predicted octanol–water partition coefficient (Wildman–Crippen LogP) is 17.4. The number of fused-ring (bicyclic) bond motifs is 15. The van der Waals surface area contributed by atoms with Gasteiger partial charge in [0.1, 0.15) is 28.9 Å². The first-order valence-corrected chi connectivity index (χ1v) is 35.8. The average Bonchev–Trinajstić information content (AvgIpc) is 0.632. The monoisotopic (exact) mass is 1710 g/mol. The normalized spacial score (nSPS) is 47.3. The molecule has 5 aromatic rings. The van der Waals surface area contributed by atoms with E-state index in [1.54, 1.807) is 18.7 Å². The van der Waals surface area contributed by atoms with Gasteiger partial charge in [0.15, 0.2) is 57.5 Å². The zero-order valence-corrected chi connectivity index (χ0v) is 65.1. The summed E-state index contributed by atoms with van der Waals surface area (Å²) in [6.45, 7) is -33.1. The van der Waals surface area contributed by atoms with E-state index in [0.29, 0.717) is 29.9 Å². The summed E-state index contributed by atoms with van der Waals surface area (Å²) in [6, 6.07) is -20.6. The molecule has 0 aromatic heterocycles. The van der Waals surface area contributed by atoms with E-state index in [1.807, 2.05) is 0 Å². The number of hydrogen-bond donors (Lipinski definition) is 0. The second-order valence-corrected chi connectivity index (χ2v) is 27.0. The summed E-state index contributed by atoms with van der Waals surface area (Å²) >= 11 is 0. The Morgan fingerprint density at radius 2 is 0.771 bits per heavy atom. The number of carbonyl (C=O) groups excluding carboxylic acids is 5. The molecule has 0 bridgehead atoms. The molecule has 0 amide bonds. The Hall–Kier alpha value is -7.75. The van der Waals surface area contributed by atoms with Crippen LogP contribution in [0.3, 0.4) is 0 Å². The minimum Gasteiger partial charge on any atom is -0.493 e.